The molecule has 0 aliphatic heterocycles. The van der Waals surface area contributed by atoms with Crippen molar-refractivity contribution >= 4 is 5.97 Å². The fraction of sp³-hybridized carbons (Fsp3) is 0.720. The van der Waals surface area contributed by atoms with Gasteiger partial charge in [0.05, 0.1) is 6.10 Å². The van der Waals surface area contributed by atoms with Crippen LogP contribution >= 0.6 is 0 Å². The molecule has 0 N–H and O–H groups in total. The molecule has 6 atom stereocenters. The van der Waals surface area contributed by atoms with E-state index in [4.69, 9.17) is 14.2 Å². The van der Waals surface area contributed by atoms with E-state index in [-0.39, 0.29) is 30.9 Å². The highest BCUT2D eigenvalue weighted by atomic mass is 16.7. The molecule has 4 nitrogen and oxygen atoms in total. The van der Waals surface area contributed by atoms with Crippen LogP contribution in [0.2, 0.25) is 0 Å². The number of allylic oxidation sites excluding steroid dienone is 2. The molecule has 0 heterocycles. The lowest BCUT2D eigenvalue weighted by molar-refractivity contribution is -0.147. The van der Waals surface area contributed by atoms with Crippen LogP contribution in [0.4, 0.5) is 0 Å². The van der Waals surface area contributed by atoms with Gasteiger partial charge in [0.15, 0.2) is 0 Å². The second-order valence-electron chi connectivity index (χ2n) is 8.80. The largest absolute Gasteiger partial charge is 0.462 e. The number of esters is 1. The molecule has 0 saturated carbocycles. The molecular formula is C25H42O4. The Hall–Kier alpha value is -1.39. The fourth-order valence-corrected chi connectivity index (χ4v) is 4.66. The van der Waals surface area contributed by atoms with Crippen LogP contribution in [0.15, 0.2) is 37.0 Å². The fourth-order valence-electron chi connectivity index (χ4n) is 4.66. The van der Waals surface area contributed by atoms with Gasteiger partial charge in [0.1, 0.15) is 12.9 Å². The summed E-state index contributed by atoms with van der Waals surface area (Å²) in [5.41, 5.74) is 1.41. The van der Waals surface area contributed by atoms with Gasteiger partial charge in [-0.2, -0.15) is 0 Å². The van der Waals surface area contributed by atoms with Gasteiger partial charge in [-0.1, -0.05) is 44.6 Å². The van der Waals surface area contributed by atoms with Crippen molar-refractivity contribution in [3.8, 4) is 0 Å². The van der Waals surface area contributed by atoms with Crippen LogP contribution in [-0.4, -0.2) is 32.1 Å². The minimum absolute atomic E-state index is 0.0424. The summed E-state index contributed by atoms with van der Waals surface area (Å²) in [5.74, 6) is 1.92. The first kappa shape index (κ1) is 25.6. The third-order valence-corrected chi connectivity index (χ3v) is 6.36. The molecule has 1 aliphatic rings. The predicted molar refractivity (Wildman–Crippen MR) is 119 cm³/mol. The van der Waals surface area contributed by atoms with Crippen molar-refractivity contribution in [2.75, 3.05) is 13.9 Å². The number of carbonyl (C=O) groups is 1. The van der Waals surface area contributed by atoms with Gasteiger partial charge < -0.3 is 14.2 Å². The molecule has 0 saturated heterocycles. The Morgan fingerprint density at radius 3 is 2.48 bits per heavy atom. The van der Waals surface area contributed by atoms with Crippen molar-refractivity contribution in [2.45, 2.75) is 72.5 Å². The summed E-state index contributed by atoms with van der Waals surface area (Å²) in [4.78, 5) is 11.6. The Bertz CT molecular complexity index is 551. The molecule has 29 heavy (non-hydrogen) atoms. The summed E-state index contributed by atoms with van der Waals surface area (Å²) in [6, 6.07) is 0. The molecule has 1 aliphatic carbocycles. The number of carbonyl (C=O) groups excluding carboxylic acids is 1. The summed E-state index contributed by atoms with van der Waals surface area (Å²) in [6.45, 7) is 18.6. The average Bonchev–Trinajstić information content (AvgIpc) is 2.65. The van der Waals surface area contributed by atoms with Gasteiger partial charge in [0.2, 0.25) is 0 Å². The summed E-state index contributed by atoms with van der Waals surface area (Å²) in [6.07, 6.45) is 9.64. The molecule has 0 unspecified atom stereocenters. The number of hydrogen-bond acceptors (Lipinski definition) is 4. The maximum Gasteiger partial charge on any atom is 0.302 e. The first-order chi connectivity index (χ1) is 13.7. The molecule has 4 heteroatoms. The summed E-state index contributed by atoms with van der Waals surface area (Å²) in [7, 11) is 1.65. The highest BCUT2D eigenvalue weighted by Crippen LogP contribution is 2.44. The first-order valence-corrected chi connectivity index (χ1v) is 10.9. The van der Waals surface area contributed by atoms with Crippen LogP contribution in [-0.2, 0) is 19.0 Å². The normalized spacial score (nSPS) is 25.1. The lowest BCUT2D eigenvalue weighted by Crippen LogP contribution is -2.38. The predicted octanol–water partition coefficient (Wildman–Crippen LogP) is 5.94. The zero-order valence-corrected chi connectivity index (χ0v) is 19.4. The number of rotatable bonds is 13. The van der Waals surface area contributed by atoms with Gasteiger partial charge in [-0.3, -0.25) is 4.79 Å². The van der Waals surface area contributed by atoms with E-state index in [1.165, 1.54) is 12.5 Å². The lowest BCUT2D eigenvalue weighted by atomic mass is 9.64. The van der Waals surface area contributed by atoms with Crippen molar-refractivity contribution in [1.29, 1.82) is 0 Å². The van der Waals surface area contributed by atoms with Gasteiger partial charge >= 0.3 is 5.97 Å². The van der Waals surface area contributed by atoms with Crippen molar-refractivity contribution in [3.63, 3.8) is 0 Å². The van der Waals surface area contributed by atoms with E-state index in [0.29, 0.717) is 30.1 Å². The summed E-state index contributed by atoms with van der Waals surface area (Å²) < 4.78 is 16.9. The summed E-state index contributed by atoms with van der Waals surface area (Å²) in [5, 5.41) is 0. The molecule has 1 rings (SSSR count). The van der Waals surface area contributed by atoms with E-state index < -0.39 is 0 Å². The van der Waals surface area contributed by atoms with Crippen molar-refractivity contribution < 1.29 is 19.0 Å². The molecule has 0 radical (unpaired) electrons. The summed E-state index contributed by atoms with van der Waals surface area (Å²) >= 11 is 0. The van der Waals surface area contributed by atoms with Crippen LogP contribution in [0.1, 0.15) is 60.3 Å². The smallest absolute Gasteiger partial charge is 0.302 e. The highest BCUT2D eigenvalue weighted by molar-refractivity contribution is 5.66. The minimum Gasteiger partial charge on any atom is -0.462 e. The Morgan fingerprint density at radius 1 is 1.28 bits per heavy atom. The van der Waals surface area contributed by atoms with Gasteiger partial charge in [-0.25, -0.2) is 0 Å². The lowest BCUT2D eigenvalue weighted by Gasteiger charge is -2.43. The van der Waals surface area contributed by atoms with E-state index >= 15 is 0 Å². The van der Waals surface area contributed by atoms with E-state index in [9.17, 15) is 4.79 Å². The maximum absolute atomic E-state index is 11.6. The number of hydrogen-bond donors (Lipinski definition) is 0. The maximum atomic E-state index is 11.6. The molecule has 0 aromatic heterocycles. The SMILES string of the molecule is C=CC[C@@H](C[C@@H]1[C@@H](C(C)C)CC=C(C)[C@@H]1C[C@H](OCOC)[C@H](C)C=C)OC(C)=O. The molecule has 0 aromatic rings. The monoisotopic (exact) mass is 406 g/mol. The van der Waals surface area contributed by atoms with Crippen LogP contribution in [0.25, 0.3) is 0 Å². The standard InChI is InChI=1S/C25H42O4/c1-9-11-21(29-20(7)26)14-24-22(17(3)4)13-12-19(6)23(24)15-25(18(5)10-2)28-16-27-8/h9-10,12,17-18,21-25H,1-2,11,13-16H2,3-8H3/t18-,21+,22-,23+,24-,25+/m1/s1. The third kappa shape index (κ3) is 8.10. The van der Waals surface area contributed by atoms with Gasteiger partial charge in [0.25, 0.3) is 0 Å². The average molecular weight is 407 g/mol. The Labute approximate surface area is 178 Å². The first-order valence-electron chi connectivity index (χ1n) is 10.9. The van der Waals surface area contributed by atoms with E-state index in [0.717, 1.165) is 19.3 Å². The zero-order chi connectivity index (χ0) is 22.0. The van der Waals surface area contributed by atoms with Crippen LogP contribution in [0, 0.1) is 29.6 Å². The molecule has 0 aromatic carbocycles. The van der Waals surface area contributed by atoms with Crippen molar-refractivity contribution in [3.05, 3.63) is 37.0 Å². The molecule has 0 bridgehead atoms. The minimum atomic E-state index is -0.223. The third-order valence-electron chi connectivity index (χ3n) is 6.36. The number of ether oxygens (including phenoxy) is 3. The zero-order valence-electron chi connectivity index (χ0n) is 19.4. The molecule has 0 fully saturated rings. The molecule has 0 amide bonds. The van der Waals surface area contributed by atoms with Crippen molar-refractivity contribution in [2.24, 2.45) is 29.6 Å². The van der Waals surface area contributed by atoms with Crippen LogP contribution in [0.3, 0.4) is 0 Å². The molecule has 166 valence electrons. The van der Waals surface area contributed by atoms with Gasteiger partial charge in [0, 0.05) is 26.4 Å². The van der Waals surface area contributed by atoms with Gasteiger partial charge in [-0.05, 0) is 49.9 Å². The second kappa shape index (κ2) is 13.0. The van der Waals surface area contributed by atoms with E-state index in [2.05, 4.69) is 46.9 Å². The van der Waals surface area contributed by atoms with Crippen LogP contribution < -0.4 is 0 Å². The topological polar surface area (TPSA) is 44.8 Å². The Morgan fingerprint density at radius 2 is 1.97 bits per heavy atom. The van der Waals surface area contributed by atoms with Gasteiger partial charge in [-0.15, -0.1) is 13.2 Å². The second-order valence-corrected chi connectivity index (χ2v) is 8.80. The van der Waals surface area contributed by atoms with Crippen molar-refractivity contribution in [1.82, 2.24) is 0 Å². The Balaban J connectivity index is 3.16. The van der Waals surface area contributed by atoms with E-state index in [1.54, 1.807) is 7.11 Å². The molecular weight excluding hydrogens is 364 g/mol. The highest BCUT2D eigenvalue weighted by Gasteiger charge is 2.38. The molecule has 0 spiro atoms. The van der Waals surface area contributed by atoms with Crippen LogP contribution in [0.5, 0.6) is 0 Å². The number of methoxy groups -OCH3 is 1. The Kier molecular flexibility index (Phi) is 11.5. The quantitative estimate of drug-likeness (QED) is 0.216. The van der Waals surface area contributed by atoms with E-state index in [1.807, 2.05) is 12.2 Å².